The molecule has 2 nitrogen and oxygen atoms in total. The third-order valence-corrected chi connectivity index (χ3v) is 2.92. The van der Waals surface area contributed by atoms with E-state index in [4.69, 9.17) is 0 Å². The number of amides is 1. The molecule has 15 heavy (non-hydrogen) atoms. The van der Waals surface area contributed by atoms with Crippen LogP contribution in [0, 0.1) is 5.82 Å². The fourth-order valence-electron chi connectivity index (χ4n) is 1.50. The molecule has 0 spiro atoms. The Morgan fingerprint density at radius 1 is 1.40 bits per heavy atom. The monoisotopic (exact) mass is 279 g/mol. The molecule has 2 rings (SSSR count). The van der Waals surface area contributed by atoms with Crippen molar-refractivity contribution in [1.29, 1.82) is 0 Å². The normalized spacial score (nSPS) is 18.2. The van der Waals surface area contributed by atoms with Gasteiger partial charge in [0.15, 0.2) is 0 Å². The highest BCUT2D eigenvalue weighted by atomic mass is 79.9. The van der Waals surface area contributed by atoms with Crippen LogP contribution in [0.2, 0.25) is 0 Å². The van der Waals surface area contributed by atoms with Gasteiger partial charge in [-0.25, -0.2) is 4.39 Å². The summed E-state index contributed by atoms with van der Waals surface area (Å²) in [6.45, 7) is 0. The van der Waals surface area contributed by atoms with Crippen LogP contribution in [0.3, 0.4) is 0 Å². The van der Waals surface area contributed by atoms with Gasteiger partial charge in [0.1, 0.15) is 5.82 Å². The number of carbonyl (C=O) groups is 1. The van der Waals surface area contributed by atoms with Crippen molar-refractivity contribution in [2.45, 2.75) is 5.92 Å². The highest BCUT2D eigenvalue weighted by molar-refractivity contribution is 9.10. The molecule has 0 atom stereocenters. The average Bonchev–Trinajstić information content (AvgIpc) is 2.32. The van der Waals surface area contributed by atoms with Crippen LogP contribution in [0.25, 0.3) is 0 Å². The third-order valence-electron chi connectivity index (χ3n) is 2.31. The largest absolute Gasteiger partial charge is 0.352 e. The van der Waals surface area contributed by atoms with Gasteiger partial charge in [0.2, 0.25) is 0 Å². The Bertz CT molecular complexity index is 461. The van der Waals surface area contributed by atoms with Crippen molar-refractivity contribution in [3.05, 3.63) is 28.0 Å². The molecule has 0 N–H and O–H groups in total. The molecule has 0 fully saturated rings. The van der Waals surface area contributed by atoms with Crippen molar-refractivity contribution >= 4 is 27.5 Å². The van der Waals surface area contributed by atoms with E-state index < -0.39 is 23.2 Å². The van der Waals surface area contributed by atoms with Crippen LogP contribution in [0.5, 0.6) is 0 Å². The van der Waals surface area contributed by atoms with Gasteiger partial charge in [0.05, 0.1) is 15.7 Å². The lowest BCUT2D eigenvalue weighted by molar-refractivity contribution is -0.141. The van der Waals surface area contributed by atoms with Crippen LogP contribution in [-0.2, 0) is 10.7 Å². The summed E-state index contributed by atoms with van der Waals surface area (Å²) >= 11 is 2.88. The first-order valence-electron chi connectivity index (χ1n) is 4.01. The standard InChI is InChI=1S/C9H5BrF3NO/c1-14-7-3-5(10)6(11)2-4(7)9(12,13)8(14)15/h2-3H,1H3. The molecule has 0 saturated heterocycles. The van der Waals surface area contributed by atoms with E-state index in [2.05, 4.69) is 15.9 Å². The minimum Gasteiger partial charge on any atom is -0.309 e. The van der Waals surface area contributed by atoms with E-state index in [9.17, 15) is 18.0 Å². The summed E-state index contributed by atoms with van der Waals surface area (Å²) in [6.07, 6.45) is 0. The van der Waals surface area contributed by atoms with Gasteiger partial charge in [-0.1, -0.05) is 0 Å². The number of halogens is 4. The molecule has 0 bridgehead atoms. The Morgan fingerprint density at radius 2 is 2.00 bits per heavy atom. The van der Waals surface area contributed by atoms with E-state index in [1.54, 1.807) is 0 Å². The maximum absolute atomic E-state index is 13.3. The van der Waals surface area contributed by atoms with E-state index in [0.717, 1.165) is 4.90 Å². The van der Waals surface area contributed by atoms with Gasteiger partial charge in [-0.3, -0.25) is 4.79 Å². The van der Waals surface area contributed by atoms with Gasteiger partial charge in [-0.15, -0.1) is 0 Å². The van der Waals surface area contributed by atoms with Gasteiger partial charge >= 0.3 is 11.8 Å². The van der Waals surface area contributed by atoms with Crippen molar-refractivity contribution in [3.63, 3.8) is 0 Å². The molecule has 0 aromatic heterocycles. The molecule has 1 aromatic rings. The van der Waals surface area contributed by atoms with Crippen LogP contribution in [-0.4, -0.2) is 13.0 Å². The van der Waals surface area contributed by atoms with Gasteiger partial charge in [0, 0.05) is 7.05 Å². The second-order valence-electron chi connectivity index (χ2n) is 3.22. The summed E-state index contributed by atoms with van der Waals surface area (Å²) in [7, 11) is 1.23. The number of nitrogens with zero attached hydrogens (tertiary/aromatic N) is 1. The van der Waals surface area contributed by atoms with Crippen LogP contribution in [0.4, 0.5) is 18.9 Å². The van der Waals surface area contributed by atoms with Crippen molar-refractivity contribution in [2.24, 2.45) is 0 Å². The molecule has 0 radical (unpaired) electrons. The Hall–Kier alpha value is -1.04. The minimum absolute atomic E-state index is 0.0262. The van der Waals surface area contributed by atoms with E-state index >= 15 is 0 Å². The van der Waals surface area contributed by atoms with E-state index in [1.165, 1.54) is 13.1 Å². The zero-order valence-electron chi connectivity index (χ0n) is 7.52. The number of benzene rings is 1. The lowest BCUT2D eigenvalue weighted by Gasteiger charge is -2.09. The second kappa shape index (κ2) is 2.98. The predicted molar refractivity (Wildman–Crippen MR) is 51.4 cm³/mol. The number of carbonyl (C=O) groups excluding carboxylic acids is 1. The summed E-state index contributed by atoms with van der Waals surface area (Å²) in [6, 6.07) is 1.85. The van der Waals surface area contributed by atoms with Crippen LogP contribution < -0.4 is 4.90 Å². The van der Waals surface area contributed by atoms with E-state index in [0.29, 0.717) is 6.07 Å². The van der Waals surface area contributed by atoms with Gasteiger partial charge in [-0.2, -0.15) is 8.78 Å². The second-order valence-corrected chi connectivity index (χ2v) is 4.08. The maximum atomic E-state index is 13.3. The molecule has 1 aliphatic rings. The topological polar surface area (TPSA) is 20.3 Å². The molecule has 1 aromatic carbocycles. The van der Waals surface area contributed by atoms with Gasteiger partial charge < -0.3 is 4.90 Å². The van der Waals surface area contributed by atoms with Crippen molar-refractivity contribution < 1.29 is 18.0 Å². The summed E-state index contributed by atoms with van der Waals surface area (Å²) in [4.78, 5) is 12.0. The number of rotatable bonds is 0. The molecule has 6 heteroatoms. The summed E-state index contributed by atoms with van der Waals surface area (Å²) < 4.78 is 39.8. The highest BCUT2D eigenvalue weighted by Gasteiger charge is 2.51. The number of likely N-dealkylation sites (N-methyl/N-ethyl adjacent to an activating group) is 1. The fraction of sp³-hybridized carbons (Fsp3) is 0.222. The molecule has 80 valence electrons. The first-order valence-corrected chi connectivity index (χ1v) is 4.80. The molecule has 1 aliphatic heterocycles. The Kier molecular flexibility index (Phi) is 2.08. The van der Waals surface area contributed by atoms with Crippen molar-refractivity contribution in [3.8, 4) is 0 Å². The number of fused-ring (bicyclic) bond motifs is 1. The number of hydrogen-bond donors (Lipinski definition) is 0. The summed E-state index contributed by atoms with van der Waals surface area (Å²) in [5.74, 6) is -5.78. The van der Waals surface area contributed by atoms with Crippen molar-refractivity contribution in [2.75, 3.05) is 11.9 Å². The molecule has 0 unspecified atom stereocenters. The smallest absolute Gasteiger partial charge is 0.309 e. The third kappa shape index (κ3) is 1.27. The minimum atomic E-state index is -3.63. The molecular formula is C9H5BrF3NO. The predicted octanol–water partition coefficient (Wildman–Crippen LogP) is 2.66. The van der Waals surface area contributed by atoms with Gasteiger partial charge in [-0.05, 0) is 28.1 Å². The van der Waals surface area contributed by atoms with Crippen LogP contribution in [0.15, 0.2) is 16.6 Å². The lowest BCUT2D eigenvalue weighted by Crippen LogP contribution is -2.31. The molecule has 1 amide bonds. The summed E-state index contributed by atoms with van der Waals surface area (Å²) in [5, 5.41) is 0. The van der Waals surface area contributed by atoms with Gasteiger partial charge in [0.25, 0.3) is 0 Å². The zero-order valence-corrected chi connectivity index (χ0v) is 9.11. The van der Waals surface area contributed by atoms with Crippen LogP contribution >= 0.6 is 15.9 Å². The molecular weight excluding hydrogens is 275 g/mol. The maximum Gasteiger partial charge on any atom is 0.352 e. The van der Waals surface area contributed by atoms with Crippen LogP contribution in [0.1, 0.15) is 5.56 Å². The highest BCUT2D eigenvalue weighted by Crippen LogP contribution is 2.45. The number of alkyl halides is 2. The first kappa shape index (κ1) is 10.5. The fourth-order valence-corrected chi connectivity index (χ4v) is 1.83. The lowest BCUT2D eigenvalue weighted by atomic mass is 10.1. The first-order chi connectivity index (χ1) is 6.85. The number of hydrogen-bond acceptors (Lipinski definition) is 1. The van der Waals surface area contributed by atoms with E-state index in [-0.39, 0.29) is 10.2 Å². The Labute approximate surface area is 91.8 Å². The Balaban J connectivity index is 2.72. The summed E-state index contributed by atoms with van der Waals surface area (Å²) in [5.41, 5.74) is -0.561. The molecule has 1 heterocycles. The van der Waals surface area contributed by atoms with E-state index in [1.807, 2.05) is 0 Å². The quantitative estimate of drug-likeness (QED) is 0.715. The van der Waals surface area contributed by atoms with Crippen molar-refractivity contribution in [1.82, 2.24) is 0 Å². The zero-order chi connectivity index (χ0) is 11.4. The molecule has 0 aliphatic carbocycles. The molecule has 0 saturated carbocycles. The average molecular weight is 280 g/mol. The SMILES string of the molecule is CN1C(=O)C(F)(F)c2cc(F)c(Br)cc21. The Morgan fingerprint density at radius 3 is 2.60 bits per heavy atom. The number of anilines is 1.